The molecule has 7 heteroatoms. The van der Waals surface area contributed by atoms with Crippen molar-refractivity contribution in [3.8, 4) is 5.75 Å². The number of aromatic nitrogens is 2. The minimum Gasteiger partial charge on any atom is -0.506 e. The maximum absolute atomic E-state index is 12.9. The number of hydrogen-bond donors (Lipinski definition) is 2. The summed E-state index contributed by atoms with van der Waals surface area (Å²) < 4.78 is 38.8. The lowest BCUT2D eigenvalue weighted by Crippen LogP contribution is -2.54. The molecule has 3 rings (SSSR count). The molecule has 0 unspecified atom stereocenters. The van der Waals surface area contributed by atoms with Gasteiger partial charge in [-0.2, -0.15) is 13.2 Å². The van der Waals surface area contributed by atoms with Crippen molar-refractivity contribution in [1.82, 2.24) is 9.97 Å². The molecule has 0 aliphatic heterocycles. The van der Waals surface area contributed by atoms with Crippen LogP contribution in [0.3, 0.4) is 0 Å². The van der Waals surface area contributed by atoms with Crippen molar-refractivity contribution >= 4 is 0 Å². The molecule has 0 amide bonds. The van der Waals surface area contributed by atoms with Crippen LogP contribution in [0.15, 0.2) is 36.7 Å². The average molecular weight is 338 g/mol. The van der Waals surface area contributed by atoms with Gasteiger partial charge in [0.1, 0.15) is 11.4 Å². The molecule has 0 spiro atoms. The number of nitrogens with zero attached hydrogens (tertiary/aromatic N) is 2. The molecule has 0 aromatic carbocycles. The molecule has 1 aliphatic rings. The third-order valence-corrected chi connectivity index (χ3v) is 4.43. The van der Waals surface area contributed by atoms with Gasteiger partial charge < -0.3 is 10.2 Å². The molecule has 1 saturated carbocycles. The van der Waals surface area contributed by atoms with Crippen molar-refractivity contribution in [1.29, 1.82) is 0 Å². The zero-order chi connectivity index (χ0) is 17.6. The number of aliphatic hydroxyl groups is 1. The van der Waals surface area contributed by atoms with Gasteiger partial charge >= 0.3 is 6.18 Å². The zero-order valence-electron chi connectivity index (χ0n) is 13.0. The van der Waals surface area contributed by atoms with Crippen LogP contribution in [-0.4, -0.2) is 25.8 Å². The standard InChI is InChI=1S/C17H17F3N2O2/c1-15(24)9-16(10-15,7-12-2-3-13(23)8-22-12)11-4-5-21-14(6-11)17(18,19)20/h2-6,8,23-24H,7,9-10H2,1H3. The van der Waals surface area contributed by atoms with Crippen molar-refractivity contribution in [2.75, 3.05) is 0 Å². The minimum absolute atomic E-state index is 0.0247. The van der Waals surface area contributed by atoms with Gasteiger partial charge in [0.15, 0.2) is 0 Å². The highest BCUT2D eigenvalue weighted by molar-refractivity contribution is 5.35. The fraction of sp³-hybridized carbons (Fsp3) is 0.412. The predicted molar refractivity (Wildman–Crippen MR) is 80.4 cm³/mol. The highest BCUT2D eigenvalue weighted by Crippen LogP contribution is 2.52. The second-order valence-electron chi connectivity index (χ2n) is 6.74. The van der Waals surface area contributed by atoms with Crippen LogP contribution < -0.4 is 0 Å². The number of alkyl halides is 3. The minimum atomic E-state index is -4.51. The summed E-state index contributed by atoms with van der Waals surface area (Å²) in [6.45, 7) is 1.67. The van der Waals surface area contributed by atoms with Gasteiger partial charge in [0.25, 0.3) is 0 Å². The summed E-state index contributed by atoms with van der Waals surface area (Å²) >= 11 is 0. The maximum atomic E-state index is 12.9. The van der Waals surface area contributed by atoms with Crippen LogP contribution in [0.4, 0.5) is 13.2 Å². The van der Waals surface area contributed by atoms with Crippen LogP contribution in [0, 0.1) is 0 Å². The first-order valence-electron chi connectivity index (χ1n) is 7.50. The highest BCUT2D eigenvalue weighted by atomic mass is 19.4. The van der Waals surface area contributed by atoms with E-state index in [1.165, 1.54) is 12.3 Å². The molecule has 0 saturated heterocycles. The first-order chi connectivity index (χ1) is 11.1. The molecular weight excluding hydrogens is 321 g/mol. The van der Waals surface area contributed by atoms with Gasteiger partial charge in [0.2, 0.25) is 0 Å². The van der Waals surface area contributed by atoms with Crippen molar-refractivity contribution in [2.45, 2.75) is 43.4 Å². The van der Waals surface area contributed by atoms with Gasteiger partial charge in [-0.25, -0.2) is 0 Å². The number of pyridine rings is 2. The first-order valence-corrected chi connectivity index (χ1v) is 7.50. The summed E-state index contributed by atoms with van der Waals surface area (Å²) in [4.78, 5) is 7.52. The molecule has 0 radical (unpaired) electrons. The van der Waals surface area contributed by atoms with Gasteiger partial charge in [-0.3, -0.25) is 9.97 Å². The lowest BCUT2D eigenvalue weighted by molar-refractivity contribution is -0.141. The van der Waals surface area contributed by atoms with Crippen LogP contribution in [0.1, 0.15) is 36.7 Å². The topological polar surface area (TPSA) is 66.2 Å². The molecule has 1 fully saturated rings. The molecule has 2 N–H and O–H groups in total. The summed E-state index contributed by atoms with van der Waals surface area (Å²) in [6, 6.07) is 5.73. The Hall–Kier alpha value is -2.15. The molecule has 2 heterocycles. The summed E-state index contributed by atoms with van der Waals surface area (Å²) in [7, 11) is 0. The van der Waals surface area contributed by atoms with Crippen LogP contribution in [0.2, 0.25) is 0 Å². The molecule has 1 aliphatic carbocycles. The third kappa shape index (κ3) is 3.21. The van der Waals surface area contributed by atoms with Gasteiger partial charge in [-0.05, 0) is 56.0 Å². The van der Waals surface area contributed by atoms with Gasteiger partial charge in [-0.1, -0.05) is 0 Å². The monoisotopic (exact) mass is 338 g/mol. The van der Waals surface area contributed by atoms with Crippen LogP contribution in [0.5, 0.6) is 5.75 Å². The molecule has 2 aromatic rings. The van der Waals surface area contributed by atoms with E-state index in [9.17, 15) is 23.4 Å². The molecule has 2 aromatic heterocycles. The third-order valence-electron chi connectivity index (χ3n) is 4.43. The lowest BCUT2D eigenvalue weighted by atomic mass is 9.55. The van der Waals surface area contributed by atoms with Crippen LogP contribution in [0.25, 0.3) is 0 Å². The van der Waals surface area contributed by atoms with E-state index in [0.717, 1.165) is 12.3 Å². The Kier molecular flexibility index (Phi) is 3.79. The van der Waals surface area contributed by atoms with Gasteiger partial charge in [-0.15, -0.1) is 0 Å². The Labute approximate surface area is 137 Å². The summed E-state index contributed by atoms with van der Waals surface area (Å²) in [5.74, 6) is 0.0247. The molecule has 0 atom stereocenters. The van der Waals surface area contributed by atoms with E-state index in [1.54, 1.807) is 19.1 Å². The van der Waals surface area contributed by atoms with Gasteiger partial charge in [0, 0.05) is 17.3 Å². The molecule has 4 nitrogen and oxygen atoms in total. The van der Waals surface area contributed by atoms with Crippen LogP contribution >= 0.6 is 0 Å². The number of aromatic hydroxyl groups is 1. The number of halogens is 3. The SMILES string of the molecule is CC1(O)CC(Cc2ccc(O)cn2)(c2ccnc(C(F)(F)F)c2)C1. The smallest absolute Gasteiger partial charge is 0.433 e. The van der Waals surface area contributed by atoms with E-state index in [4.69, 9.17) is 0 Å². The quantitative estimate of drug-likeness (QED) is 0.902. The second kappa shape index (κ2) is 5.44. The van der Waals surface area contributed by atoms with E-state index in [1.807, 2.05) is 0 Å². The first kappa shape index (κ1) is 16.7. The molecular formula is C17H17F3N2O2. The lowest BCUT2D eigenvalue weighted by Gasteiger charge is -2.52. The average Bonchev–Trinajstić information content (AvgIpc) is 2.47. The molecule has 24 heavy (non-hydrogen) atoms. The van der Waals surface area contributed by atoms with Crippen molar-refractivity contribution in [3.05, 3.63) is 53.6 Å². The largest absolute Gasteiger partial charge is 0.506 e. The van der Waals surface area contributed by atoms with E-state index in [2.05, 4.69) is 9.97 Å². The summed E-state index contributed by atoms with van der Waals surface area (Å²) in [5.41, 5.74) is -1.35. The summed E-state index contributed by atoms with van der Waals surface area (Å²) in [6.07, 6.45) is -1.01. The Bertz CT molecular complexity index is 734. The Balaban J connectivity index is 1.97. The fourth-order valence-corrected chi connectivity index (χ4v) is 3.62. The maximum Gasteiger partial charge on any atom is 0.433 e. The summed E-state index contributed by atoms with van der Waals surface area (Å²) in [5, 5.41) is 19.5. The molecule has 128 valence electrons. The number of rotatable bonds is 3. The highest BCUT2D eigenvalue weighted by Gasteiger charge is 2.52. The van der Waals surface area contributed by atoms with E-state index < -0.39 is 22.9 Å². The second-order valence-corrected chi connectivity index (χ2v) is 6.74. The normalized spacial score (nSPS) is 26.9. The van der Waals surface area contributed by atoms with Crippen molar-refractivity contribution < 1.29 is 23.4 Å². The Morgan fingerprint density at radius 3 is 2.42 bits per heavy atom. The zero-order valence-corrected chi connectivity index (χ0v) is 13.0. The van der Waals surface area contributed by atoms with Gasteiger partial charge in [0.05, 0.1) is 11.8 Å². The fourth-order valence-electron chi connectivity index (χ4n) is 3.62. The van der Waals surface area contributed by atoms with Crippen molar-refractivity contribution in [3.63, 3.8) is 0 Å². The molecule has 0 bridgehead atoms. The van der Waals surface area contributed by atoms with E-state index >= 15 is 0 Å². The predicted octanol–water partition coefficient (Wildman–Crippen LogP) is 3.23. The van der Waals surface area contributed by atoms with E-state index in [-0.39, 0.29) is 5.75 Å². The Morgan fingerprint density at radius 1 is 1.17 bits per heavy atom. The van der Waals surface area contributed by atoms with Crippen molar-refractivity contribution in [2.24, 2.45) is 0 Å². The number of hydrogen-bond acceptors (Lipinski definition) is 4. The van der Waals surface area contributed by atoms with E-state index in [0.29, 0.717) is 30.5 Å². The Morgan fingerprint density at radius 2 is 1.88 bits per heavy atom. The van der Waals surface area contributed by atoms with Crippen LogP contribution in [-0.2, 0) is 18.0 Å².